The van der Waals surface area contributed by atoms with Gasteiger partial charge in [-0.05, 0) is 39.8 Å². The standard InChI is InChI=1S/C13H21ClN4/c1-10-12(14)15-11(2)16-13(10)17(3)8-9-18-6-4-5-7-18/h4-9H2,1-3H3. The lowest BCUT2D eigenvalue weighted by Gasteiger charge is -2.24. The predicted octanol–water partition coefficient (Wildman–Crippen LogP) is 2.28. The Balaban J connectivity index is 2.01. The molecule has 100 valence electrons. The van der Waals surface area contributed by atoms with Crippen LogP contribution in [0.5, 0.6) is 0 Å². The molecular weight excluding hydrogens is 248 g/mol. The molecule has 0 bridgehead atoms. The van der Waals surface area contributed by atoms with Crippen LogP contribution in [0.25, 0.3) is 0 Å². The van der Waals surface area contributed by atoms with Crippen molar-refractivity contribution in [3.8, 4) is 0 Å². The molecule has 18 heavy (non-hydrogen) atoms. The number of likely N-dealkylation sites (tertiary alicyclic amines) is 1. The summed E-state index contributed by atoms with van der Waals surface area (Å²) in [4.78, 5) is 13.3. The first-order valence-corrected chi connectivity index (χ1v) is 6.90. The molecule has 0 N–H and O–H groups in total. The molecule has 2 rings (SSSR count). The van der Waals surface area contributed by atoms with E-state index < -0.39 is 0 Å². The SMILES string of the molecule is Cc1nc(Cl)c(C)c(N(C)CCN2CCCC2)n1. The molecule has 0 spiro atoms. The largest absolute Gasteiger partial charge is 0.358 e. The second-order valence-corrected chi connectivity index (χ2v) is 5.34. The van der Waals surface area contributed by atoms with E-state index >= 15 is 0 Å². The first kappa shape index (κ1) is 13.6. The van der Waals surface area contributed by atoms with Crippen LogP contribution in [0.2, 0.25) is 5.15 Å². The summed E-state index contributed by atoms with van der Waals surface area (Å²) in [5.41, 5.74) is 0.964. The molecule has 0 aromatic carbocycles. The Bertz CT molecular complexity index is 416. The summed E-state index contributed by atoms with van der Waals surface area (Å²) < 4.78 is 0. The van der Waals surface area contributed by atoms with Crippen molar-refractivity contribution in [2.45, 2.75) is 26.7 Å². The maximum Gasteiger partial charge on any atom is 0.137 e. The minimum absolute atomic E-state index is 0.561. The van der Waals surface area contributed by atoms with E-state index in [9.17, 15) is 0 Å². The Morgan fingerprint density at radius 2 is 1.89 bits per heavy atom. The van der Waals surface area contributed by atoms with Crippen molar-refractivity contribution in [3.05, 3.63) is 16.5 Å². The zero-order valence-corrected chi connectivity index (χ0v) is 12.2. The fourth-order valence-electron chi connectivity index (χ4n) is 2.36. The van der Waals surface area contributed by atoms with Gasteiger partial charge in [-0.1, -0.05) is 11.6 Å². The van der Waals surface area contributed by atoms with Crippen molar-refractivity contribution in [1.82, 2.24) is 14.9 Å². The summed E-state index contributed by atoms with van der Waals surface area (Å²) in [5, 5.41) is 0.561. The topological polar surface area (TPSA) is 32.3 Å². The van der Waals surface area contributed by atoms with E-state index in [0.29, 0.717) is 5.15 Å². The number of hydrogen-bond acceptors (Lipinski definition) is 4. The Morgan fingerprint density at radius 1 is 1.22 bits per heavy atom. The van der Waals surface area contributed by atoms with Gasteiger partial charge in [0.05, 0.1) is 0 Å². The Labute approximate surface area is 114 Å². The average Bonchev–Trinajstić information content (AvgIpc) is 2.83. The van der Waals surface area contributed by atoms with E-state index in [0.717, 1.165) is 30.3 Å². The van der Waals surface area contributed by atoms with Gasteiger partial charge in [-0.15, -0.1) is 0 Å². The van der Waals surface area contributed by atoms with Crippen LogP contribution in [-0.4, -0.2) is 48.1 Å². The van der Waals surface area contributed by atoms with E-state index in [1.165, 1.54) is 25.9 Å². The number of likely N-dealkylation sites (N-methyl/N-ethyl adjacent to an activating group) is 1. The van der Waals surface area contributed by atoms with Crippen LogP contribution in [0, 0.1) is 13.8 Å². The number of nitrogens with zero attached hydrogens (tertiary/aromatic N) is 4. The molecule has 1 aromatic rings. The highest BCUT2D eigenvalue weighted by atomic mass is 35.5. The molecule has 0 atom stereocenters. The number of aryl methyl sites for hydroxylation is 1. The number of halogens is 1. The van der Waals surface area contributed by atoms with Gasteiger partial charge in [0.25, 0.3) is 0 Å². The summed E-state index contributed by atoms with van der Waals surface area (Å²) >= 11 is 6.10. The van der Waals surface area contributed by atoms with Crippen molar-refractivity contribution in [2.75, 3.05) is 38.1 Å². The van der Waals surface area contributed by atoms with Crippen molar-refractivity contribution in [3.63, 3.8) is 0 Å². The van der Waals surface area contributed by atoms with Gasteiger partial charge in [0.15, 0.2) is 0 Å². The number of hydrogen-bond donors (Lipinski definition) is 0. The quantitative estimate of drug-likeness (QED) is 0.785. The molecule has 4 nitrogen and oxygen atoms in total. The summed E-state index contributed by atoms with van der Waals surface area (Å²) in [6.07, 6.45) is 2.67. The molecule has 1 fully saturated rings. The molecular formula is C13H21ClN4. The van der Waals surface area contributed by atoms with E-state index in [1.54, 1.807) is 0 Å². The Morgan fingerprint density at radius 3 is 2.56 bits per heavy atom. The van der Waals surface area contributed by atoms with Gasteiger partial charge in [-0.3, -0.25) is 0 Å². The fourth-order valence-corrected chi connectivity index (χ4v) is 2.56. The molecule has 1 aliphatic rings. The monoisotopic (exact) mass is 268 g/mol. The smallest absolute Gasteiger partial charge is 0.137 e. The molecule has 5 heteroatoms. The minimum atomic E-state index is 0.561. The predicted molar refractivity (Wildman–Crippen MR) is 75.5 cm³/mol. The number of anilines is 1. The molecule has 1 aromatic heterocycles. The molecule has 1 saturated heterocycles. The minimum Gasteiger partial charge on any atom is -0.358 e. The van der Waals surface area contributed by atoms with Crippen LogP contribution in [0.4, 0.5) is 5.82 Å². The zero-order chi connectivity index (χ0) is 13.1. The maximum atomic E-state index is 6.10. The van der Waals surface area contributed by atoms with Crippen molar-refractivity contribution in [2.24, 2.45) is 0 Å². The van der Waals surface area contributed by atoms with Gasteiger partial charge in [-0.2, -0.15) is 0 Å². The summed E-state index contributed by atoms with van der Waals surface area (Å²) in [7, 11) is 2.07. The van der Waals surface area contributed by atoms with Crippen LogP contribution in [0.3, 0.4) is 0 Å². The van der Waals surface area contributed by atoms with Gasteiger partial charge < -0.3 is 9.80 Å². The first-order valence-electron chi connectivity index (χ1n) is 6.52. The molecule has 0 aliphatic carbocycles. The third kappa shape index (κ3) is 3.12. The zero-order valence-electron chi connectivity index (χ0n) is 11.4. The molecule has 0 unspecified atom stereocenters. The van der Waals surface area contributed by atoms with Gasteiger partial charge in [-0.25, -0.2) is 9.97 Å². The van der Waals surface area contributed by atoms with Crippen molar-refractivity contribution >= 4 is 17.4 Å². The lowest BCUT2D eigenvalue weighted by molar-refractivity contribution is 0.346. The Hall–Kier alpha value is -0.870. The second kappa shape index (κ2) is 5.85. The van der Waals surface area contributed by atoms with E-state index in [2.05, 4.69) is 26.8 Å². The van der Waals surface area contributed by atoms with Gasteiger partial charge in [0.1, 0.15) is 16.8 Å². The summed E-state index contributed by atoms with van der Waals surface area (Å²) in [6.45, 7) is 8.39. The van der Waals surface area contributed by atoms with Crippen LogP contribution in [0.15, 0.2) is 0 Å². The highest BCUT2D eigenvalue weighted by Gasteiger charge is 2.15. The van der Waals surface area contributed by atoms with E-state index in [-0.39, 0.29) is 0 Å². The van der Waals surface area contributed by atoms with E-state index in [1.807, 2.05) is 13.8 Å². The molecule has 1 aliphatic heterocycles. The summed E-state index contributed by atoms with van der Waals surface area (Å²) in [6, 6.07) is 0. The highest BCUT2D eigenvalue weighted by Crippen LogP contribution is 2.22. The molecule has 0 amide bonds. The normalized spacial score (nSPS) is 16.2. The van der Waals surface area contributed by atoms with Gasteiger partial charge in [0.2, 0.25) is 0 Å². The third-order valence-electron chi connectivity index (χ3n) is 3.48. The number of rotatable bonds is 4. The lowest BCUT2D eigenvalue weighted by Crippen LogP contribution is -2.32. The van der Waals surface area contributed by atoms with Gasteiger partial charge in [0, 0.05) is 25.7 Å². The lowest BCUT2D eigenvalue weighted by atomic mass is 10.3. The van der Waals surface area contributed by atoms with Gasteiger partial charge >= 0.3 is 0 Å². The van der Waals surface area contributed by atoms with E-state index in [4.69, 9.17) is 11.6 Å². The van der Waals surface area contributed by atoms with Crippen LogP contribution >= 0.6 is 11.6 Å². The molecule has 2 heterocycles. The average molecular weight is 269 g/mol. The molecule has 0 saturated carbocycles. The third-order valence-corrected chi connectivity index (χ3v) is 3.85. The maximum absolute atomic E-state index is 6.10. The number of aromatic nitrogens is 2. The molecule has 0 radical (unpaired) electrons. The summed E-state index contributed by atoms with van der Waals surface area (Å²) in [5.74, 6) is 1.68. The Kier molecular flexibility index (Phi) is 4.40. The van der Waals surface area contributed by atoms with Crippen LogP contribution < -0.4 is 4.90 Å². The van der Waals surface area contributed by atoms with Crippen LogP contribution in [0.1, 0.15) is 24.2 Å². The second-order valence-electron chi connectivity index (χ2n) is 4.98. The van der Waals surface area contributed by atoms with Crippen LogP contribution in [-0.2, 0) is 0 Å². The highest BCUT2D eigenvalue weighted by molar-refractivity contribution is 6.30. The van der Waals surface area contributed by atoms with Crippen molar-refractivity contribution in [1.29, 1.82) is 0 Å². The van der Waals surface area contributed by atoms with Crippen molar-refractivity contribution < 1.29 is 0 Å². The first-order chi connectivity index (χ1) is 8.58. The fraction of sp³-hybridized carbons (Fsp3) is 0.692.